The molecule has 0 aliphatic heterocycles. The lowest BCUT2D eigenvalue weighted by atomic mass is 10.2. The van der Waals surface area contributed by atoms with Gasteiger partial charge in [0.05, 0.1) is 9.99 Å². The second-order valence-corrected chi connectivity index (χ2v) is 4.23. The van der Waals surface area contributed by atoms with E-state index < -0.39 is 11.9 Å². The van der Waals surface area contributed by atoms with Gasteiger partial charge in [-0.1, -0.05) is 0 Å². The Balaban J connectivity index is 2.59. The van der Waals surface area contributed by atoms with Crippen LogP contribution < -0.4 is 5.32 Å². The number of aliphatic carboxylic acids is 1. The lowest BCUT2D eigenvalue weighted by molar-refractivity contribution is -0.136. The number of amides is 1. The maximum Gasteiger partial charge on any atom is 0.305 e. The molecule has 0 aliphatic rings. The average Bonchev–Trinajstić information content (AvgIpc) is 2.21. The number of carboxylic acid groups (broad SMARTS) is 1. The Morgan fingerprint density at radius 1 is 1.38 bits per heavy atom. The molecule has 0 aliphatic carbocycles. The number of aromatic hydroxyl groups is 1. The fourth-order valence-electron chi connectivity index (χ4n) is 1.04. The number of hydrogen-bond donors (Lipinski definition) is 3. The van der Waals surface area contributed by atoms with Crippen molar-refractivity contribution in [1.82, 2.24) is 5.32 Å². The highest BCUT2D eigenvalue weighted by Gasteiger charge is 2.08. The van der Waals surface area contributed by atoms with Gasteiger partial charge >= 0.3 is 5.97 Å². The molecule has 0 saturated carbocycles. The molecule has 0 fully saturated rings. The van der Waals surface area contributed by atoms with Gasteiger partial charge in [0.2, 0.25) is 0 Å². The molecule has 0 spiro atoms. The number of nitrogens with one attached hydrogen (secondary N) is 1. The number of phenols is 1. The summed E-state index contributed by atoms with van der Waals surface area (Å²) in [6.07, 6.45) is -0.123. The molecule has 86 valence electrons. The van der Waals surface area contributed by atoms with Gasteiger partial charge in [-0.3, -0.25) is 9.59 Å². The maximum absolute atomic E-state index is 11.5. The van der Waals surface area contributed by atoms with E-state index in [-0.39, 0.29) is 18.7 Å². The lowest BCUT2D eigenvalue weighted by Crippen LogP contribution is -2.25. The van der Waals surface area contributed by atoms with Gasteiger partial charge < -0.3 is 15.5 Å². The Morgan fingerprint density at radius 2 is 2.06 bits per heavy atom. The molecule has 0 heterocycles. The van der Waals surface area contributed by atoms with Crippen LogP contribution in [0.4, 0.5) is 0 Å². The van der Waals surface area contributed by atoms with Gasteiger partial charge in [0.1, 0.15) is 5.75 Å². The number of phenolic OH excluding ortho intramolecular Hbond substituents is 1. The molecule has 1 aromatic rings. The molecule has 1 aromatic carbocycles. The maximum atomic E-state index is 11.5. The number of rotatable bonds is 4. The summed E-state index contributed by atoms with van der Waals surface area (Å²) < 4.78 is 0.652. The molecule has 0 saturated heterocycles. The summed E-state index contributed by atoms with van der Waals surface area (Å²) in [5, 5.41) is 20.2. The number of benzene rings is 1. The molecular formula is C10H10INO4. The molecule has 6 heteroatoms. The SMILES string of the molecule is O=C(O)CCNC(=O)c1ccc(I)c(O)c1. The molecule has 0 atom stereocenters. The highest BCUT2D eigenvalue weighted by Crippen LogP contribution is 2.20. The van der Waals surface area contributed by atoms with Gasteiger partial charge in [0.25, 0.3) is 5.91 Å². The Kier molecular flexibility index (Phi) is 4.53. The van der Waals surface area contributed by atoms with Crippen LogP contribution in [-0.2, 0) is 4.79 Å². The zero-order valence-corrected chi connectivity index (χ0v) is 10.4. The molecule has 0 bridgehead atoms. The highest BCUT2D eigenvalue weighted by atomic mass is 127. The molecule has 1 amide bonds. The first-order chi connectivity index (χ1) is 7.50. The Hall–Kier alpha value is -1.31. The average molecular weight is 335 g/mol. The first-order valence-corrected chi connectivity index (χ1v) is 5.57. The van der Waals surface area contributed by atoms with Gasteiger partial charge in [-0.15, -0.1) is 0 Å². The smallest absolute Gasteiger partial charge is 0.305 e. The van der Waals surface area contributed by atoms with Crippen molar-refractivity contribution in [3.8, 4) is 5.75 Å². The van der Waals surface area contributed by atoms with Crippen LogP contribution in [0.25, 0.3) is 0 Å². The topological polar surface area (TPSA) is 86.6 Å². The second-order valence-electron chi connectivity index (χ2n) is 3.07. The summed E-state index contributed by atoms with van der Waals surface area (Å²) in [4.78, 5) is 21.7. The van der Waals surface area contributed by atoms with Crippen LogP contribution in [0.5, 0.6) is 5.75 Å². The van der Waals surface area contributed by atoms with E-state index in [1.54, 1.807) is 12.1 Å². The third-order valence-electron chi connectivity index (χ3n) is 1.83. The first-order valence-electron chi connectivity index (χ1n) is 4.49. The Labute approximate surface area is 106 Å². The summed E-state index contributed by atoms with van der Waals surface area (Å²) in [6, 6.07) is 4.53. The highest BCUT2D eigenvalue weighted by molar-refractivity contribution is 14.1. The van der Waals surface area contributed by atoms with E-state index in [1.807, 2.05) is 22.6 Å². The van der Waals surface area contributed by atoms with Crippen molar-refractivity contribution in [3.63, 3.8) is 0 Å². The zero-order chi connectivity index (χ0) is 12.1. The molecule has 1 rings (SSSR count). The van der Waals surface area contributed by atoms with Crippen molar-refractivity contribution >= 4 is 34.5 Å². The molecule has 0 aromatic heterocycles. The number of carbonyl (C=O) groups excluding carboxylic acids is 1. The molecule has 16 heavy (non-hydrogen) atoms. The van der Waals surface area contributed by atoms with E-state index in [2.05, 4.69) is 5.32 Å². The third kappa shape index (κ3) is 3.69. The third-order valence-corrected chi connectivity index (χ3v) is 2.74. The normalized spacial score (nSPS) is 9.81. The van der Waals surface area contributed by atoms with Crippen molar-refractivity contribution in [2.24, 2.45) is 0 Å². The van der Waals surface area contributed by atoms with Crippen molar-refractivity contribution in [2.75, 3.05) is 6.54 Å². The first kappa shape index (κ1) is 12.8. The van der Waals surface area contributed by atoms with Gasteiger partial charge in [0.15, 0.2) is 0 Å². The van der Waals surface area contributed by atoms with Crippen molar-refractivity contribution < 1.29 is 19.8 Å². The van der Waals surface area contributed by atoms with Crippen LogP contribution >= 0.6 is 22.6 Å². The van der Waals surface area contributed by atoms with Crippen molar-refractivity contribution in [2.45, 2.75) is 6.42 Å². The van der Waals surface area contributed by atoms with Crippen molar-refractivity contribution in [1.29, 1.82) is 0 Å². The van der Waals surface area contributed by atoms with E-state index >= 15 is 0 Å². The minimum Gasteiger partial charge on any atom is -0.507 e. The standard InChI is InChI=1S/C10H10INO4/c11-7-2-1-6(5-8(7)13)10(16)12-4-3-9(14)15/h1-2,5,13H,3-4H2,(H,12,16)(H,14,15). The predicted octanol–water partition coefficient (Wildman–Crippen LogP) is 1.20. The van der Waals surface area contributed by atoms with Crippen LogP contribution in [0.1, 0.15) is 16.8 Å². The van der Waals surface area contributed by atoms with Crippen molar-refractivity contribution in [3.05, 3.63) is 27.3 Å². The number of carboxylic acids is 1. The minimum atomic E-state index is -0.967. The quantitative estimate of drug-likeness (QED) is 0.722. The van der Waals surface area contributed by atoms with E-state index in [0.717, 1.165) is 0 Å². The van der Waals surface area contributed by atoms with Crippen LogP contribution in [0.2, 0.25) is 0 Å². The van der Waals surface area contributed by atoms with Crippen LogP contribution in [0.3, 0.4) is 0 Å². The van der Waals surface area contributed by atoms with Gasteiger partial charge in [0, 0.05) is 12.1 Å². The summed E-state index contributed by atoms with van der Waals surface area (Å²) in [7, 11) is 0. The van der Waals surface area contributed by atoms with E-state index in [0.29, 0.717) is 9.13 Å². The van der Waals surface area contributed by atoms with Gasteiger partial charge in [-0.05, 0) is 40.8 Å². The molecule has 5 nitrogen and oxygen atoms in total. The summed E-state index contributed by atoms with van der Waals surface area (Å²) >= 11 is 1.94. The minimum absolute atomic E-state index is 0.0338. The largest absolute Gasteiger partial charge is 0.507 e. The molecule has 3 N–H and O–H groups in total. The zero-order valence-electron chi connectivity index (χ0n) is 8.24. The van der Waals surface area contributed by atoms with Crippen LogP contribution in [0, 0.1) is 3.57 Å². The number of carbonyl (C=O) groups is 2. The van der Waals surface area contributed by atoms with Gasteiger partial charge in [-0.2, -0.15) is 0 Å². The number of hydrogen-bond acceptors (Lipinski definition) is 3. The molecular weight excluding hydrogens is 325 g/mol. The van der Waals surface area contributed by atoms with Crippen LogP contribution in [-0.4, -0.2) is 28.6 Å². The second kappa shape index (κ2) is 5.69. The van der Waals surface area contributed by atoms with Gasteiger partial charge in [-0.25, -0.2) is 0 Å². The van der Waals surface area contributed by atoms with E-state index in [1.165, 1.54) is 6.07 Å². The fourth-order valence-corrected chi connectivity index (χ4v) is 1.37. The fraction of sp³-hybridized carbons (Fsp3) is 0.200. The Bertz CT molecular complexity index is 419. The van der Waals surface area contributed by atoms with E-state index in [4.69, 9.17) is 5.11 Å². The number of halogens is 1. The molecule has 0 unspecified atom stereocenters. The monoisotopic (exact) mass is 335 g/mol. The van der Waals surface area contributed by atoms with E-state index in [9.17, 15) is 14.7 Å². The lowest BCUT2D eigenvalue weighted by Gasteiger charge is -2.04. The summed E-state index contributed by atoms with van der Waals surface area (Å²) in [5.41, 5.74) is 0.309. The molecule has 0 radical (unpaired) electrons. The predicted molar refractivity (Wildman–Crippen MR) is 65.4 cm³/mol. The van der Waals surface area contributed by atoms with Crippen LogP contribution in [0.15, 0.2) is 18.2 Å². The summed E-state index contributed by atoms with van der Waals surface area (Å²) in [5.74, 6) is -1.33. The Morgan fingerprint density at radius 3 is 2.62 bits per heavy atom. The summed E-state index contributed by atoms with van der Waals surface area (Å²) in [6.45, 7) is 0.0704.